The molecule has 0 aliphatic rings. The molecule has 0 aromatic heterocycles. The van der Waals surface area contributed by atoms with Gasteiger partial charge in [0.1, 0.15) is 0 Å². The Morgan fingerprint density at radius 3 is 2.04 bits per heavy atom. The number of hydrogen-bond donors (Lipinski definition) is 0. The van der Waals surface area contributed by atoms with Crippen LogP contribution in [-0.2, 0) is 4.79 Å². The fourth-order valence-electron chi connectivity index (χ4n) is 1.35. The molecule has 0 atom stereocenters. The predicted octanol–water partition coefficient (Wildman–Crippen LogP) is 3.69. The van der Waals surface area contributed by atoms with Crippen molar-refractivity contribution in [1.29, 1.82) is 0 Å². The first-order valence-electron chi connectivity index (χ1n) is 6.85. The summed E-state index contributed by atoms with van der Waals surface area (Å²) in [5.41, 5.74) is -0.731. The van der Waals surface area contributed by atoms with E-state index in [2.05, 4.69) is 6.58 Å². The number of nitro groups is 2. The van der Waals surface area contributed by atoms with Crippen molar-refractivity contribution in [3.8, 4) is 5.75 Å². The second-order valence-electron chi connectivity index (χ2n) is 5.09. The van der Waals surface area contributed by atoms with Gasteiger partial charge in [0, 0.05) is 12.0 Å². The largest absolute Gasteiger partial charge is 0.484 e. The first kappa shape index (κ1) is 20.2. The summed E-state index contributed by atoms with van der Waals surface area (Å²) in [5.74, 6) is 0.253. The molecule has 0 N–H and O–H groups in total. The third kappa shape index (κ3) is 7.16. The molecule has 1 aromatic rings. The Hall–Kier alpha value is -2.77. The highest BCUT2D eigenvalue weighted by molar-refractivity contribution is 5.90. The fraction of sp³-hybridized carbons (Fsp3) is 0.400. The van der Waals surface area contributed by atoms with Gasteiger partial charge >= 0.3 is 5.69 Å². The molecule has 1 rings (SSSR count). The minimum atomic E-state index is -0.704. The van der Waals surface area contributed by atoms with E-state index >= 15 is 0 Å². The number of carbonyl (C=O) groups excluding carboxylic acids is 1. The molecule has 0 radical (unpaired) electrons. The van der Waals surface area contributed by atoms with Gasteiger partial charge in [-0.2, -0.15) is 0 Å². The van der Waals surface area contributed by atoms with E-state index in [9.17, 15) is 25.0 Å². The number of ether oxygens (including phenoxy) is 1. The Labute approximate surface area is 134 Å². The van der Waals surface area contributed by atoms with Crippen LogP contribution < -0.4 is 4.74 Å². The zero-order valence-corrected chi connectivity index (χ0v) is 13.5. The lowest BCUT2D eigenvalue weighted by atomic mass is 10.1. The number of hydrogen-bond acceptors (Lipinski definition) is 6. The van der Waals surface area contributed by atoms with Gasteiger partial charge in [0.05, 0.1) is 22.0 Å². The van der Waals surface area contributed by atoms with Crippen molar-refractivity contribution in [2.24, 2.45) is 5.92 Å². The van der Waals surface area contributed by atoms with Gasteiger partial charge in [-0.1, -0.05) is 20.4 Å². The van der Waals surface area contributed by atoms with Crippen LogP contribution in [-0.4, -0.2) is 21.7 Å². The summed E-state index contributed by atoms with van der Waals surface area (Å²) in [6, 6.07) is 3.29. The third-order valence-corrected chi connectivity index (χ3v) is 2.48. The van der Waals surface area contributed by atoms with Crippen molar-refractivity contribution in [2.45, 2.75) is 33.8 Å². The minimum absolute atomic E-state index is 0.0330. The second-order valence-corrected chi connectivity index (χ2v) is 5.09. The Bertz CT molecular complexity index is 596. The molecule has 0 spiro atoms. The van der Waals surface area contributed by atoms with Gasteiger partial charge in [-0.15, -0.1) is 0 Å². The Morgan fingerprint density at radius 2 is 1.74 bits per heavy atom. The fourth-order valence-corrected chi connectivity index (χ4v) is 1.35. The van der Waals surface area contributed by atoms with Crippen LogP contribution in [0.2, 0.25) is 0 Å². The molecule has 0 aliphatic carbocycles. The van der Waals surface area contributed by atoms with E-state index in [4.69, 9.17) is 4.74 Å². The zero-order chi connectivity index (χ0) is 18.2. The van der Waals surface area contributed by atoms with Gasteiger partial charge in [0.25, 0.3) is 5.69 Å². The van der Waals surface area contributed by atoms with Crippen molar-refractivity contribution in [3.63, 3.8) is 0 Å². The second kappa shape index (κ2) is 9.29. The molecule has 8 heteroatoms. The first-order valence-corrected chi connectivity index (χ1v) is 6.85. The third-order valence-electron chi connectivity index (χ3n) is 2.48. The van der Waals surface area contributed by atoms with E-state index in [1.54, 1.807) is 13.8 Å². The van der Waals surface area contributed by atoms with Crippen LogP contribution in [0.4, 0.5) is 11.4 Å². The molecular weight excluding hydrogens is 304 g/mol. The van der Waals surface area contributed by atoms with Crippen molar-refractivity contribution in [3.05, 3.63) is 51.1 Å². The van der Waals surface area contributed by atoms with E-state index in [1.807, 2.05) is 13.8 Å². The molecule has 1 aromatic carbocycles. The summed E-state index contributed by atoms with van der Waals surface area (Å²) in [4.78, 5) is 30.1. The van der Waals surface area contributed by atoms with Gasteiger partial charge < -0.3 is 4.74 Å². The number of allylic oxidation sites excluding steroid dienone is 1. The van der Waals surface area contributed by atoms with E-state index < -0.39 is 15.5 Å². The maximum absolute atomic E-state index is 10.7. The molecule has 0 fully saturated rings. The average Bonchev–Trinajstić information content (AvgIpc) is 2.46. The maximum atomic E-state index is 10.7. The van der Waals surface area contributed by atoms with E-state index in [1.165, 1.54) is 18.2 Å². The van der Waals surface area contributed by atoms with E-state index in [-0.39, 0.29) is 29.2 Å². The standard InChI is InChI=1S/C9H10N2O5.C6H10O/c1-6(2)16-9-4-3-7(10(12)13)5-8(9)11(14)15;1-4-6(7)5(2)3/h3-6H,1-2H3;4-5H,1H2,2-3H3. The molecule has 126 valence electrons. The quantitative estimate of drug-likeness (QED) is 0.448. The highest BCUT2D eigenvalue weighted by atomic mass is 16.6. The van der Waals surface area contributed by atoms with Crippen LogP contribution in [0.1, 0.15) is 27.7 Å². The molecule has 0 bridgehead atoms. The van der Waals surface area contributed by atoms with Crippen molar-refractivity contribution in [1.82, 2.24) is 0 Å². The molecule has 8 nitrogen and oxygen atoms in total. The van der Waals surface area contributed by atoms with Crippen molar-refractivity contribution >= 4 is 17.2 Å². The van der Waals surface area contributed by atoms with Crippen LogP contribution in [0.3, 0.4) is 0 Å². The van der Waals surface area contributed by atoms with Gasteiger partial charge in [-0.25, -0.2) is 0 Å². The lowest BCUT2D eigenvalue weighted by Crippen LogP contribution is -2.07. The van der Waals surface area contributed by atoms with Crippen LogP contribution >= 0.6 is 0 Å². The summed E-state index contributed by atoms with van der Waals surface area (Å²) in [5, 5.41) is 21.1. The first-order chi connectivity index (χ1) is 10.6. The number of nitrogens with zero attached hydrogens (tertiary/aromatic N) is 2. The van der Waals surface area contributed by atoms with Crippen LogP contribution in [0.15, 0.2) is 30.9 Å². The molecule has 0 amide bonds. The van der Waals surface area contributed by atoms with Gasteiger partial charge in [0.15, 0.2) is 11.5 Å². The van der Waals surface area contributed by atoms with Gasteiger partial charge in [-0.3, -0.25) is 25.0 Å². The Balaban J connectivity index is 0.000000585. The monoisotopic (exact) mass is 324 g/mol. The predicted molar refractivity (Wildman–Crippen MR) is 85.6 cm³/mol. The summed E-state index contributed by atoms with van der Waals surface area (Å²) in [6.45, 7) is 10.5. The Kier molecular flexibility index (Phi) is 8.17. The van der Waals surface area contributed by atoms with E-state index in [0.717, 1.165) is 6.07 Å². The van der Waals surface area contributed by atoms with Gasteiger partial charge in [0.2, 0.25) is 0 Å². The topological polar surface area (TPSA) is 113 Å². The molecular formula is C15H20N2O6. The molecule has 0 saturated carbocycles. The number of carbonyl (C=O) groups is 1. The zero-order valence-electron chi connectivity index (χ0n) is 13.5. The van der Waals surface area contributed by atoms with Crippen molar-refractivity contribution in [2.75, 3.05) is 0 Å². The molecule has 23 heavy (non-hydrogen) atoms. The summed E-state index contributed by atoms with van der Waals surface area (Å²) in [6.07, 6.45) is 1.12. The van der Waals surface area contributed by atoms with Crippen molar-refractivity contribution < 1.29 is 19.4 Å². The summed E-state index contributed by atoms with van der Waals surface area (Å²) >= 11 is 0. The Morgan fingerprint density at radius 1 is 1.17 bits per heavy atom. The van der Waals surface area contributed by atoms with Crippen LogP contribution in [0.5, 0.6) is 5.75 Å². The minimum Gasteiger partial charge on any atom is -0.484 e. The van der Waals surface area contributed by atoms with Crippen LogP contribution in [0, 0.1) is 26.1 Å². The number of ketones is 1. The van der Waals surface area contributed by atoms with E-state index in [0.29, 0.717) is 0 Å². The number of nitro benzene ring substituents is 2. The number of non-ortho nitro benzene ring substituents is 1. The average molecular weight is 324 g/mol. The summed E-state index contributed by atoms with van der Waals surface area (Å²) in [7, 11) is 0. The molecule has 0 aliphatic heterocycles. The molecule has 0 unspecified atom stereocenters. The normalized spacial score (nSPS) is 9.83. The molecule has 0 heterocycles. The van der Waals surface area contributed by atoms with Crippen LogP contribution in [0.25, 0.3) is 0 Å². The molecule has 0 saturated heterocycles. The lowest BCUT2D eigenvalue weighted by molar-refractivity contribution is -0.394. The smallest absolute Gasteiger partial charge is 0.317 e. The maximum Gasteiger partial charge on any atom is 0.317 e. The number of rotatable bonds is 6. The number of benzene rings is 1. The summed E-state index contributed by atoms with van der Waals surface area (Å²) < 4.78 is 5.18. The lowest BCUT2D eigenvalue weighted by Gasteiger charge is -2.09. The highest BCUT2D eigenvalue weighted by Gasteiger charge is 2.21. The van der Waals surface area contributed by atoms with Gasteiger partial charge in [-0.05, 0) is 26.0 Å². The highest BCUT2D eigenvalue weighted by Crippen LogP contribution is 2.31. The SMILES string of the molecule is C=CC(=O)C(C)C.CC(C)Oc1ccc([N+](=O)[O-])cc1[N+](=O)[O-].